The van der Waals surface area contributed by atoms with Crippen LogP contribution in [0.1, 0.15) is 33.6 Å². The van der Waals surface area contributed by atoms with E-state index in [1.807, 2.05) is 0 Å². The maximum atomic E-state index is 6.26. The van der Waals surface area contributed by atoms with Gasteiger partial charge in [0.2, 0.25) is 0 Å². The Hall–Kier alpha value is 0.0569. The smallest absolute Gasteiger partial charge is 0.337 e. The van der Waals surface area contributed by atoms with Gasteiger partial charge < -0.3 is 18.3 Å². The third-order valence-corrected chi connectivity index (χ3v) is 7.24. The molecule has 1 fully saturated rings. The summed E-state index contributed by atoms with van der Waals surface area (Å²) in [7, 11) is -0.167. The first-order chi connectivity index (χ1) is 8.69. The summed E-state index contributed by atoms with van der Waals surface area (Å²) in [5.41, 5.74) is 0. The Bertz CT molecular complexity index is 209. The highest BCUT2D eigenvalue weighted by atomic mass is 28.4. The fourth-order valence-corrected chi connectivity index (χ4v) is 4.40. The molecule has 1 heterocycles. The van der Waals surface area contributed by atoms with E-state index in [0.29, 0.717) is 6.10 Å². The topological polar surface area (TPSA) is 40.2 Å². The molecular weight excluding hydrogens is 248 g/mol. The van der Waals surface area contributed by atoms with Crippen LogP contribution < -0.4 is 0 Å². The van der Waals surface area contributed by atoms with E-state index >= 15 is 0 Å². The maximum Gasteiger partial charge on any atom is 0.337 e. The molecule has 1 saturated heterocycles. The van der Waals surface area contributed by atoms with Crippen molar-refractivity contribution in [3.05, 3.63) is 0 Å². The summed E-state index contributed by atoms with van der Waals surface area (Å²) in [6, 6.07) is 2.01. The van der Waals surface area contributed by atoms with Gasteiger partial charge in [-0.3, -0.25) is 0 Å². The first-order valence-electron chi connectivity index (χ1n) is 7.12. The molecule has 0 N–H and O–H groups in total. The van der Waals surface area contributed by atoms with E-state index < -0.39 is 8.56 Å². The van der Waals surface area contributed by atoms with Crippen LogP contribution in [-0.4, -0.2) is 47.7 Å². The van der Waals surface area contributed by atoms with Crippen LogP contribution in [0.4, 0.5) is 0 Å². The zero-order valence-corrected chi connectivity index (χ0v) is 13.2. The summed E-state index contributed by atoms with van der Waals surface area (Å²) >= 11 is 0. The molecule has 5 heteroatoms. The summed E-state index contributed by atoms with van der Waals surface area (Å²) in [4.78, 5) is 0. The van der Waals surface area contributed by atoms with E-state index in [2.05, 4.69) is 20.8 Å². The van der Waals surface area contributed by atoms with Crippen LogP contribution in [0, 0.1) is 0 Å². The Balaban J connectivity index is 2.24. The molecule has 0 aromatic heterocycles. The molecule has 0 aromatic rings. The van der Waals surface area contributed by atoms with Crippen molar-refractivity contribution in [2.24, 2.45) is 0 Å². The van der Waals surface area contributed by atoms with Crippen molar-refractivity contribution >= 4 is 8.56 Å². The summed E-state index contributed by atoms with van der Waals surface area (Å²) in [5, 5.41) is 0. The highest BCUT2D eigenvalue weighted by Gasteiger charge is 2.34. The van der Waals surface area contributed by atoms with Crippen LogP contribution in [0.25, 0.3) is 0 Å². The Morgan fingerprint density at radius 2 is 1.94 bits per heavy atom. The van der Waals surface area contributed by atoms with Gasteiger partial charge in [-0.05, 0) is 24.9 Å². The van der Waals surface area contributed by atoms with Crippen molar-refractivity contribution in [1.29, 1.82) is 0 Å². The highest BCUT2D eigenvalue weighted by molar-refractivity contribution is 6.67. The van der Waals surface area contributed by atoms with Crippen LogP contribution in [0.15, 0.2) is 0 Å². The van der Waals surface area contributed by atoms with E-state index in [0.717, 1.165) is 44.8 Å². The van der Waals surface area contributed by atoms with Crippen molar-refractivity contribution in [3.8, 4) is 0 Å². The Labute approximate surface area is 112 Å². The first-order valence-corrected chi connectivity index (χ1v) is 9.35. The minimum atomic E-state index is -1.95. The molecule has 18 heavy (non-hydrogen) atoms. The number of hydrogen-bond acceptors (Lipinski definition) is 4. The molecule has 0 amide bonds. The molecule has 2 atom stereocenters. The number of epoxide rings is 1. The van der Waals surface area contributed by atoms with E-state index in [1.54, 1.807) is 7.11 Å². The lowest BCUT2D eigenvalue weighted by Gasteiger charge is -2.31. The predicted octanol–water partition coefficient (Wildman–Crippen LogP) is 2.72. The molecule has 108 valence electrons. The molecule has 0 aromatic carbocycles. The van der Waals surface area contributed by atoms with Crippen molar-refractivity contribution in [1.82, 2.24) is 0 Å². The van der Waals surface area contributed by atoms with Crippen molar-refractivity contribution in [3.63, 3.8) is 0 Å². The molecule has 1 aliphatic rings. The molecule has 0 bridgehead atoms. The molecule has 2 unspecified atom stereocenters. The molecule has 0 aliphatic carbocycles. The summed E-state index contributed by atoms with van der Waals surface area (Å²) in [5.74, 6) is 0. The Kier molecular flexibility index (Phi) is 7.40. The SMILES string of the molecule is CCC(CCOCC1CO1)O[Si](CC)(CC)OC. The van der Waals surface area contributed by atoms with Crippen LogP contribution in [0.5, 0.6) is 0 Å². The number of hydrogen-bond donors (Lipinski definition) is 0. The van der Waals surface area contributed by atoms with Gasteiger partial charge >= 0.3 is 8.56 Å². The van der Waals surface area contributed by atoms with E-state index in [9.17, 15) is 0 Å². The third kappa shape index (κ3) is 5.36. The molecule has 1 rings (SSSR count). The standard InChI is InChI=1S/C13H28O4Si/c1-5-12(8-9-15-10-13-11-16-13)17-18(6-2,7-3)14-4/h12-13H,5-11H2,1-4H3. The average Bonchev–Trinajstić information content (AvgIpc) is 3.23. The Morgan fingerprint density at radius 3 is 2.39 bits per heavy atom. The summed E-state index contributed by atoms with van der Waals surface area (Å²) < 4.78 is 22.6. The zero-order valence-electron chi connectivity index (χ0n) is 12.2. The maximum absolute atomic E-state index is 6.26. The normalized spacial score (nSPS) is 21.0. The number of ether oxygens (including phenoxy) is 2. The molecule has 1 aliphatic heterocycles. The quantitative estimate of drug-likeness (QED) is 0.330. The van der Waals surface area contributed by atoms with Gasteiger partial charge in [-0.1, -0.05) is 20.8 Å². The number of rotatable bonds is 11. The van der Waals surface area contributed by atoms with Crippen LogP contribution in [-0.2, 0) is 18.3 Å². The molecule has 0 radical (unpaired) electrons. The summed E-state index contributed by atoms with van der Waals surface area (Å²) in [6.45, 7) is 8.82. The zero-order chi connectivity index (χ0) is 13.4. The lowest BCUT2D eigenvalue weighted by atomic mass is 10.2. The fourth-order valence-electron chi connectivity index (χ4n) is 2.00. The van der Waals surface area contributed by atoms with Gasteiger partial charge in [-0.15, -0.1) is 0 Å². The second-order valence-corrected chi connectivity index (χ2v) is 8.67. The molecule has 0 saturated carbocycles. The monoisotopic (exact) mass is 276 g/mol. The van der Waals surface area contributed by atoms with Crippen molar-refractivity contribution in [2.75, 3.05) is 26.9 Å². The first kappa shape index (κ1) is 16.1. The van der Waals surface area contributed by atoms with E-state index in [-0.39, 0.29) is 6.10 Å². The van der Waals surface area contributed by atoms with E-state index in [4.69, 9.17) is 18.3 Å². The fraction of sp³-hybridized carbons (Fsp3) is 1.00. The van der Waals surface area contributed by atoms with Crippen LogP contribution in [0.3, 0.4) is 0 Å². The molecule has 0 spiro atoms. The van der Waals surface area contributed by atoms with Crippen molar-refractivity contribution in [2.45, 2.75) is 57.9 Å². The highest BCUT2D eigenvalue weighted by Crippen LogP contribution is 2.22. The second kappa shape index (κ2) is 8.27. The minimum Gasteiger partial charge on any atom is -0.398 e. The average molecular weight is 276 g/mol. The van der Waals surface area contributed by atoms with Crippen LogP contribution >= 0.6 is 0 Å². The summed E-state index contributed by atoms with van der Waals surface area (Å²) in [6.07, 6.45) is 2.57. The lowest BCUT2D eigenvalue weighted by molar-refractivity contribution is 0.0630. The van der Waals surface area contributed by atoms with Gasteiger partial charge in [0.15, 0.2) is 0 Å². The van der Waals surface area contributed by atoms with Gasteiger partial charge in [0.05, 0.1) is 13.2 Å². The third-order valence-electron chi connectivity index (χ3n) is 3.58. The largest absolute Gasteiger partial charge is 0.398 e. The Morgan fingerprint density at radius 1 is 1.28 bits per heavy atom. The van der Waals surface area contributed by atoms with Gasteiger partial charge in [0, 0.05) is 19.8 Å². The van der Waals surface area contributed by atoms with Crippen molar-refractivity contribution < 1.29 is 18.3 Å². The van der Waals surface area contributed by atoms with Gasteiger partial charge in [-0.25, -0.2) is 0 Å². The van der Waals surface area contributed by atoms with Gasteiger partial charge in [0.25, 0.3) is 0 Å². The molecule has 4 nitrogen and oxygen atoms in total. The van der Waals surface area contributed by atoms with Gasteiger partial charge in [0.1, 0.15) is 6.10 Å². The molecular formula is C13H28O4Si. The van der Waals surface area contributed by atoms with Gasteiger partial charge in [-0.2, -0.15) is 0 Å². The predicted molar refractivity (Wildman–Crippen MR) is 74.1 cm³/mol. The second-order valence-electron chi connectivity index (χ2n) is 4.79. The van der Waals surface area contributed by atoms with E-state index in [1.165, 1.54) is 0 Å². The lowest BCUT2D eigenvalue weighted by Crippen LogP contribution is -2.43. The van der Waals surface area contributed by atoms with Crippen LogP contribution in [0.2, 0.25) is 12.1 Å². The minimum absolute atomic E-state index is 0.261.